The molecule has 64 valence electrons. The minimum atomic E-state index is -1.42. The summed E-state index contributed by atoms with van der Waals surface area (Å²) in [7, 11) is 0. The maximum absolute atomic E-state index is 10.7. The Hall–Kier alpha value is -1.35. The van der Waals surface area contributed by atoms with E-state index < -0.39 is 11.8 Å². The number of aliphatic carboxylic acids is 1. The highest BCUT2D eigenvalue weighted by molar-refractivity contribution is 6.39. The third-order valence-corrected chi connectivity index (χ3v) is 1.23. The first-order valence-electron chi connectivity index (χ1n) is 3.04. The maximum Gasteiger partial charge on any atom is 0.377 e. The van der Waals surface area contributed by atoms with Crippen LogP contribution in [0, 0.1) is 0 Å². The molecule has 0 saturated heterocycles. The Bertz CT molecular complexity index is 282. The van der Waals surface area contributed by atoms with Crippen molar-refractivity contribution in [1.82, 2.24) is 0 Å². The number of halogens is 1. The van der Waals surface area contributed by atoms with Crippen LogP contribution in [-0.4, -0.2) is 16.9 Å². The molecule has 4 heteroatoms. The summed E-state index contributed by atoms with van der Waals surface area (Å²) in [6.45, 7) is 0. The molecule has 1 N–H and O–H groups in total. The molecule has 0 unspecified atom stereocenters. The van der Waals surface area contributed by atoms with Gasteiger partial charge in [-0.2, -0.15) is 0 Å². The minimum Gasteiger partial charge on any atom is -0.475 e. The fourth-order valence-corrected chi connectivity index (χ4v) is 0.713. The van der Waals surface area contributed by atoms with E-state index in [1.807, 2.05) is 0 Å². The summed E-state index contributed by atoms with van der Waals surface area (Å²) in [5, 5.41) is 8.29. The molecule has 3 nitrogen and oxygen atoms in total. The number of carboxylic acid groups (broad SMARTS) is 1. The standard InChI is InChI=1S/C8H6O3.ClH/c9-7(8(10)11)6-4-2-1-3-5-6;/h1-5H,(H,10,11);1H. The van der Waals surface area contributed by atoms with Crippen molar-refractivity contribution in [2.45, 2.75) is 0 Å². The van der Waals surface area contributed by atoms with Gasteiger partial charge in [0.1, 0.15) is 0 Å². The van der Waals surface area contributed by atoms with Gasteiger partial charge < -0.3 is 5.11 Å². The molecule has 0 fully saturated rings. The Balaban J connectivity index is 0.00000121. The monoisotopic (exact) mass is 186 g/mol. The van der Waals surface area contributed by atoms with Crippen LogP contribution < -0.4 is 0 Å². The number of Topliss-reactive ketones (excluding diaryl/α,β-unsaturated/α-hetero) is 1. The highest BCUT2D eigenvalue weighted by Gasteiger charge is 2.12. The van der Waals surface area contributed by atoms with Gasteiger partial charge in [-0.1, -0.05) is 30.3 Å². The fourth-order valence-electron chi connectivity index (χ4n) is 0.713. The normalized spacial score (nSPS) is 8.33. The zero-order chi connectivity index (χ0) is 8.27. The summed E-state index contributed by atoms with van der Waals surface area (Å²) in [6.07, 6.45) is 0. The molecule has 0 atom stereocenters. The Morgan fingerprint density at radius 2 is 1.58 bits per heavy atom. The molecule has 0 bridgehead atoms. The van der Waals surface area contributed by atoms with E-state index in [2.05, 4.69) is 0 Å². The summed E-state index contributed by atoms with van der Waals surface area (Å²) < 4.78 is 0. The first kappa shape index (κ1) is 10.7. The Labute approximate surface area is 75.4 Å². The lowest BCUT2D eigenvalue weighted by atomic mass is 10.1. The first-order valence-corrected chi connectivity index (χ1v) is 3.04. The number of hydrogen-bond acceptors (Lipinski definition) is 2. The SMILES string of the molecule is Cl.O=C(O)C(=O)c1ccccc1. The molecule has 0 aliphatic rings. The molecule has 0 saturated carbocycles. The third-order valence-electron chi connectivity index (χ3n) is 1.23. The van der Waals surface area contributed by atoms with E-state index >= 15 is 0 Å². The van der Waals surface area contributed by atoms with Gasteiger partial charge >= 0.3 is 5.97 Å². The number of carbonyl (C=O) groups excluding carboxylic acids is 1. The summed E-state index contributed by atoms with van der Waals surface area (Å²) >= 11 is 0. The largest absolute Gasteiger partial charge is 0.475 e. The number of hydrogen-bond donors (Lipinski definition) is 1. The van der Waals surface area contributed by atoms with Crippen molar-refractivity contribution in [1.29, 1.82) is 0 Å². The quantitative estimate of drug-likeness (QED) is 0.561. The second kappa shape index (κ2) is 4.51. The molecule has 1 aromatic carbocycles. The van der Waals surface area contributed by atoms with E-state index in [4.69, 9.17) is 5.11 Å². The van der Waals surface area contributed by atoms with Crippen LogP contribution in [0.5, 0.6) is 0 Å². The maximum atomic E-state index is 10.7. The van der Waals surface area contributed by atoms with Gasteiger partial charge in [-0.05, 0) is 0 Å². The minimum absolute atomic E-state index is 0. The van der Waals surface area contributed by atoms with E-state index in [1.165, 1.54) is 12.1 Å². The highest BCUT2D eigenvalue weighted by Crippen LogP contribution is 1.98. The molecular formula is C8H7ClO3. The van der Waals surface area contributed by atoms with E-state index in [0.717, 1.165) is 0 Å². The second-order valence-corrected chi connectivity index (χ2v) is 2.00. The molecule has 0 radical (unpaired) electrons. The molecule has 1 rings (SSSR count). The molecule has 12 heavy (non-hydrogen) atoms. The first-order chi connectivity index (χ1) is 5.22. The molecular weight excluding hydrogens is 180 g/mol. The third kappa shape index (κ3) is 2.36. The molecule has 0 amide bonds. The van der Waals surface area contributed by atoms with Crippen molar-refractivity contribution in [2.24, 2.45) is 0 Å². The molecule has 0 aliphatic carbocycles. The van der Waals surface area contributed by atoms with Gasteiger partial charge in [-0.3, -0.25) is 4.79 Å². The van der Waals surface area contributed by atoms with Gasteiger partial charge in [-0.25, -0.2) is 4.79 Å². The number of ketones is 1. The van der Waals surface area contributed by atoms with Crippen LogP contribution in [0.4, 0.5) is 0 Å². The molecule has 0 aliphatic heterocycles. The number of carbonyl (C=O) groups is 2. The Kier molecular flexibility index (Phi) is 4.00. The van der Waals surface area contributed by atoms with Crippen LogP contribution in [0.2, 0.25) is 0 Å². The van der Waals surface area contributed by atoms with Gasteiger partial charge in [0.25, 0.3) is 5.78 Å². The van der Waals surface area contributed by atoms with Crippen LogP contribution in [0.1, 0.15) is 10.4 Å². The van der Waals surface area contributed by atoms with Crippen LogP contribution in [-0.2, 0) is 4.79 Å². The number of carboxylic acids is 1. The molecule has 0 spiro atoms. The summed E-state index contributed by atoms with van der Waals surface area (Å²) in [6, 6.07) is 7.90. The lowest BCUT2D eigenvalue weighted by molar-refractivity contribution is -0.131. The topological polar surface area (TPSA) is 54.4 Å². The van der Waals surface area contributed by atoms with Crippen LogP contribution >= 0.6 is 12.4 Å². The summed E-state index contributed by atoms with van der Waals surface area (Å²) in [5.41, 5.74) is 0.208. The van der Waals surface area contributed by atoms with Gasteiger partial charge in [0.15, 0.2) is 0 Å². The predicted molar refractivity (Wildman–Crippen MR) is 45.7 cm³/mol. The lowest BCUT2D eigenvalue weighted by Gasteiger charge is -1.91. The van der Waals surface area contributed by atoms with Crippen LogP contribution in [0.3, 0.4) is 0 Å². The Morgan fingerprint density at radius 1 is 1.08 bits per heavy atom. The summed E-state index contributed by atoms with van der Waals surface area (Å²) in [5.74, 6) is -2.29. The van der Waals surface area contributed by atoms with E-state index in [-0.39, 0.29) is 18.0 Å². The van der Waals surface area contributed by atoms with Crippen LogP contribution in [0.15, 0.2) is 30.3 Å². The van der Waals surface area contributed by atoms with Crippen molar-refractivity contribution in [3.05, 3.63) is 35.9 Å². The zero-order valence-electron chi connectivity index (χ0n) is 6.06. The number of benzene rings is 1. The van der Waals surface area contributed by atoms with Crippen LogP contribution in [0.25, 0.3) is 0 Å². The van der Waals surface area contributed by atoms with Crippen molar-refractivity contribution in [3.8, 4) is 0 Å². The van der Waals surface area contributed by atoms with Crippen molar-refractivity contribution < 1.29 is 14.7 Å². The highest BCUT2D eigenvalue weighted by atomic mass is 35.5. The smallest absolute Gasteiger partial charge is 0.377 e. The lowest BCUT2D eigenvalue weighted by Crippen LogP contribution is -2.12. The zero-order valence-corrected chi connectivity index (χ0v) is 6.88. The van der Waals surface area contributed by atoms with E-state index in [1.54, 1.807) is 18.2 Å². The van der Waals surface area contributed by atoms with E-state index in [0.29, 0.717) is 0 Å². The molecule has 0 aromatic heterocycles. The van der Waals surface area contributed by atoms with Gasteiger partial charge in [0.2, 0.25) is 0 Å². The molecule has 0 heterocycles. The van der Waals surface area contributed by atoms with Crippen molar-refractivity contribution in [2.75, 3.05) is 0 Å². The van der Waals surface area contributed by atoms with Crippen molar-refractivity contribution >= 4 is 24.2 Å². The van der Waals surface area contributed by atoms with Crippen molar-refractivity contribution in [3.63, 3.8) is 0 Å². The number of rotatable bonds is 2. The molecule has 1 aromatic rings. The van der Waals surface area contributed by atoms with Gasteiger partial charge in [0.05, 0.1) is 0 Å². The van der Waals surface area contributed by atoms with Gasteiger partial charge in [-0.15, -0.1) is 12.4 Å². The van der Waals surface area contributed by atoms with Gasteiger partial charge in [0, 0.05) is 5.56 Å². The summed E-state index contributed by atoms with van der Waals surface area (Å²) in [4.78, 5) is 20.9. The fraction of sp³-hybridized carbons (Fsp3) is 0. The average molecular weight is 187 g/mol. The van der Waals surface area contributed by atoms with E-state index in [9.17, 15) is 9.59 Å². The predicted octanol–water partition coefficient (Wildman–Crippen LogP) is 1.38. The second-order valence-electron chi connectivity index (χ2n) is 2.00. The Morgan fingerprint density at radius 3 is 2.00 bits per heavy atom. The average Bonchev–Trinajstić information content (AvgIpc) is 2.05.